The van der Waals surface area contributed by atoms with Crippen molar-refractivity contribution in [3.05, 3.63) is 65.7 Å². The number of nitrogens with two attached hydrogens (primary N) is 1. The summed E-state index contributed by atoms with van der Waals surface area (Å²) in [6, 6.07) is 18.5. The van der Waals surface area contributed by atoms with Gasteiger partial charge in [-0.25, -0.2) is 4.98 Å². The van der Waals surface area contributed by atoms with Gasteiger partial charge in [0.25, 0.3) is 0 Å². The van der Waals surface area contributed by atoms with Crippen LogP contribution in [0.1, 0.15) is 25.0 Å². The second-order valence-corrected chi connectivity index (χ2v) is 7.76. The maximum atomic E-state index is 5.71. The molecule has 4 aromatic rings. The van der Waals surface area contributed by atoms with Crippen molar-refractivity contribution in [1.82, 2.24) is 20.2 Å². The lowest BCUT2D eigenvalue weighted by atomic mass is 9.84. The van der Waals surface area contributed by atoms with Gasteiger partial charge in [0.05, 0.1) is 16.7 Å². The minimum absolute atomic E-state index is 0.0142. The minimum Gasteiger partial charge on any atom is -0.369 e. The van der Waals surface area contributed by atoms with E-state index >= 15 is 0 Å². The number of fused-ring (bicyclic) bond motifs is 1. The Labute approximate surface area is 164 Å². The fourth-order valence-electron chi connectivity index (χ4n) is 3.19. The van der Waals surface area contributed by atoms with Gasteiger partial charge in [0.1, 0.15) is 5.82 Å². The Morgan fingerprint density at radius 2 is 1.79 bits per heavy atom. The molecule has 2 aromatic heterocycles. The number of hydrogen-bond donors (Lipinski definition) is 3. The van der Waals surface area contributed by atoms with E-state index in [-0.39, 0.29) is 5.41 Å². The number of nitrogens with one attached hydrogen (secondary N) is 2. The van der Waals surface area contributed by atoms with Crippen LogP contribution in [0.3, 0.4) is 0 Å². The van der Waals surface area contributed by atoms with Crippen LogP contribution in [0.5, 0.6) is 0 Å². The Morgan fingerprint density at radius 1 is 1.00 bits per heavy atom. The third-order valence-corrected chi connectivity index (χ3v) is 5.00. The quantitative estimate of drug-likeness (QED) is 0.486. The van der Waals surface area contributed by atoms with Gasteiger partial charge < -0.3 is 16.0 Å². The number of H-pyrrole nitrogens is 1. The second kappa shape index (κ2) is 6.96. The molecule has 2 heterocycles. The molecule has 0 amide bonds. The predicted octanol–water partition coefficient (Wildman–Crippen LogP) is 4.30. The molecule has 4 N–H and O–H groups in total. The number of hydrogen-bond acceptors (Lipinski definition) is 5. The molecule has 6 nitrogen and oxygen atoms in total. The molecule has 0 saturated carbocycles. The lowest BCUT2D eigenvalue weighted by molar-refractivity contribution is 0.555. The van der Waals surface area contributed by atoms with E-state index in [9.17, 15) is 0 Å². The van der Waals surface area contributed by atoms with Crippen LogP contribution < -0.4 is 11.1 Å². The minimum atomic E-state index is -0.0142. The first-order chi connectivity index (χ1) is 13.4. The molecule has 142 valence electrons. The second-order valence-electron chi connectivity index (χ2n) is 7.76. The Bertz CT molecular complexity index is 1090. The van der Waals surface area contributed by atoms with Crippen LogP contribution >= 0.6 is 0 Å². The Morgan fingerprint density at radius 3 is 2.50 bits per heavy atom. The summed E-state index contributed by atoms with van der Waals surface area (Å²) >= 11 is 0. The van der Waals surface area contributed by atoms with Gasteiger partial charge in [-0.1, -0.05) is 49.7 Å². The molecule has 0 aliphatic heterocycles. The number of anilines is 2. The molecule has 2 aromatic carbocycles. The molecule has 0 aliphatic carbocycles. The summed E-state index contributed by atoms with van der Waals surface area (Å²) in [5.74, 6) is 1.17. The number of rotatable bonds is 5. The summed E-state index contributed by atoms with van der Waals surface area (Å²) < 4.78 is 0. The highest BCUT2D eigenvalue weighted by molar-refractivity contribution is 5.82. The topological polar surface area (TPSA) is 92.5 Å². The number of nitrogen functional groups attached to an aromatic ring is 1. The van der Waals surface area contributed by atoms with Crippen molar-refractivity contribution in [3.63, 3.8) is 0 Å². The Kier molecular flexibility index (Phi) is 4.47. The molecule has 0 bridgehead atoms. The molecule has 0 atom stereocenters. The third-order valence-electron chi connectivity index (χ3n) is 5.00. The molecular formula is C22H24N6. The van der Waals surface area contributed by atoms with E-state index in [4.69, 9.17) is 5.73 Å². The number of aromatic amines is 1. The lowest BCUT2D eigenvalue weighted by Crippen LogP contribution is -2.28. The number of imidazole rings is 1. The summed E-state index contributed by atoms with van der Waals surface area (Å²) in [7, 11) is 0. The number of aryl methyl sites for hydroxylation is 1. The SMILES string of the molecule is Cc1ccc(C(C)(C)CNc2ccc(-c3ccc4nc(N)[nH]c4c3)nn2)cc1. The first-order valence-corrected chi connectivity index (χ1v) is 9.31. The van der Waals surface area contributed by atoms with Gasteiger partial charge in [0.2, 0.25) is 0 Å². The van der Waals surface area contributed by atoms with Crippen LogP contribution in [0.15, 0.2) is 54.6 Å². The average molecular weight is 372 g/mol. The normalized spacial score (nSPS) is 11.7. The van der Waals surface area contributed by atoms with Crippen molar-refractivity contribution < 1.29 is 0 Å². The highest BCUT2D eigenvalue weighted by Gasteiger charge is 2.20. The first-order valence-electron chi connectivity index (χ1n) is 9.31. The summed E-state index contributed by atoms with van der Waals surface area (Å²) in [6.45, 7) is 7.31. The maximum absolute atomic E-state index is 5.71. The van der Waals surface area contributed by atoms with Crippen molar-refractivity contribution >= 4 is 22.8 Å². The average Bonchev–Trinajstić information content (AvgIpc) is 3.06. The molecule has 4 rings (SSSR count). The highest BCUT2D eigenvalue weighted by Crippen LogP contribution is 2.25. The van der Waals surface area contributed by atoms with Crippen molar-refractivity contribution in [2.24, 2.45) is 0 Å². The van der Waals surface area contributed by atoms with Gasteiger partial charge in [0.15, 0.2) is 5.95 Å². The van der Waals surface area contributed by atoms with Gasteiger partial charge in [-0.05, 0) is 36.8 Å². The molecule has 0 unspecified atom stereocenters. The van der Waals surface area contributed by atoms with Crippen LogP contribution in [0.2, 0.25) is 0 Å². The van der Waals surface area contributed by atoms with Crippen LogP contribution in [-0.2, 0) is 5.41 Å². The standard InChI is InChI=1S/C22H24N6/c1-14-4-7-16(8-5-14)22(2,3)13-24-20-11-10-17(27-28-20)15-6-9-18-19(12-15)26-21(23)25-18/h4-12H,13H2,1-3H3,(H,24,28)(H3,23,25,26). The van der Waals surface area contributed by atoms with Crippen LogP contribution in [0.25, 0.3) is 22.3 Å². The molecule has 28 heavy (non-hydrogen) atoms. The zero-order valence-electron chi connectivity index (χ0n) is 16.3. The Hall–Kier alpha value is -3.41. The van der Waals surface area contributed by atoms with Crippen molar-refractivity contribution in [2.75, 3.05) is 17.6 Å². The first kappa shape index (κ1) is 18.0. The molecule has 0 spiro atoms. The number of aromatic nitrogens is 4. The molecule has 0 fully saturated rings. The summed E-state index contributed by atoms with van der Waals surface area (Å²) in [6.07, 6.45) is 0. The van der Waals surface area contributed by atoms with E-state index in [1.54, 1.807) is 0 Å². The van der Waals surface area contributed by atoms with E-state index in [1.807, 2.05) is 30.3 Å². The van der Waals surface area contributed by atoms with Gasteiger partial charge in [-0.15, -0.1) is 10.2 Å². The zero-order chi connectivity index (χ0) is 19.7. The zero-order valence-corrected chi connectivity index (χ0v) is 16.3. The fraction of sp³-hybridized carbons (Fsp3) is 0.227. The smallest absolute Gasteiger partial charge is 0.198 e. The molecular weight excluding hydrogens is 348 g/mol. The van der Waals surface area contributed by atoms with Gasteiger partial charge >= 0.3 is 0 Å². The molecule has 6 heteroatoms. The van der Waals surface area contributed by atoms with Crippen molar-refractivity contribution in [3.8, 4) is 11.3 Å². The number of benzene rings is 2. The van der Waals surface area contributed by atoms with Gasteiger partial charge in [-0.2, -0.15) is 0 Å². The monoisotopic (exact) mass is 372 g/mol. The largest absolute Gasteiger partial charge is 0.369 e. The van der Waals surface area contributed by atoms with Crippen LogP contribution in [0.4, 0.5) is 11.8 Å². The summed E-state index contributed by atoms with van der Waals surface area (Å²) in [5, 5.41) is 12.1. The summed E-state index contributed by atoms with van der Waals surface area (Å²) in [4.78, 5) is 7.26. The van der Waals surface area contributed by atoms with E-state index in [0.717, 1.165) is 34.7 Å². The van der Waals surface area contributed by atoms with E-state index in [0.29, 0.717) is 5.95 Å². The molecule has 0 saturated heterocycles. The van der Waals surface area contributed by atoms with E-state index in [1.165, 1.54) is 11.1 Å². The Balaban J connectivity index is 1.47. The fourth-order valence-corrected chi connectivity index (χ4v) is 3.19. The van der Waals surface area contributed by atoms with Crippen molar-refractivity contribution in [1.29, 1.82) is 0 Å². The third kappa shape index (κ3) is 3.67. The predicted molar refractivity (Wildman–Crippen MR) is 114 cm³/mol. The van der Waals surface area contributed by atoms with Gasteiger partial charge in [-0.3, -0.25) is 0 Å². The van der Waals surface area contributed by atoms with Crippen molar-refractivity contribution in [2.45, 2.75) is 26.2 Å². The van der Waals surface area contributed by atoms with E-state index < -0.39 is 0 Å². The number of nitrogens with zero attached hydrogens (tertiary/aromatic N) is 3. The van der Waals surface area contributed by atoms with Crippen LogP contribution in [0, 0.1) is 6.92 Å². The molecule has 0 aliphatic rings. The van der Waals surface area contributed by atoms with Gasteiger partial charge in [0, 0.05) is 17.5 Å². The lowest BCUT2D eigenvalue weighted by Gasteiger charge is -2.26. The molecule has 0 radical (unpaired) electrons. The summed E-state index contributed by atoms with van der Waals surface area (Å²) in [5.41, 5.74) is 11.8. The maximum Gasteiger partial charge on any atom is 0.198 e. The van der Waals surface area contributed by atoms with E-state index in [2.05, 4.69) is 70.5 Å². The highest BCUT2D eigenvalue weighted by atomic mass is 15.2. The van der Waals surface area contributed by atoms with Crippen LogP contribution in [-0.4, -0.2) is 26.7 Å².